The van der Waals surface area contributed by atoms with Crippen LogP contribution in [0.4, 0.5) is 5.13 Å². The van der Waals surface area contributed by atoms with Crippen LogP contribution in [0.1, 0.15) is 49.0 Å². The molecule has 0 aliphatic heterocycles. The molecule has 0 bridgehead atoms. The van der Waals surface area contributed by atoms with Crippen LogP contribution < -0.4 is 10.6 Å². The van der Waals surface area contributed by atoms with Gasteiger partial charge in [0, 0.05) is 23.6 Å². The Bertz CT molecular complexity index is 968. The quantitative estimate of drug-likeness (QED) is 0.604. The van der Waals surface area contributed by atoms with Crippen LogP contribution in [0.25, 0.3) is 10.6 Å². The Labute approximate surface area is 174 Å². The van der Waals surface area contributed by atoms with E-state index in [0.717, 1.165) is 10.6 Å². The highest BCUT2D eigenvalue weighted by atomic mass is 32.1. The fourth-order valence-electron chi connectivity index (χ4n) is 2.80. The Balaban J connectivity index is 1.54. The Hall–Kier alpha value is -3.06. The van der Waals surface area contributed by atoms with Crippen LogP contribution in [0.15, 0.2) is 54.6 Å². The molecule has 0 saturated heterocycles. The molecule has 0 fully saturated rings. The third-order valence-corrected chi connectivity index (χ3v) is 5.29. The van der Waals surface area contributed by atoms with E-state index in [2.05, 4.69) is 46.8 Å². The maximum Gasteiger partial charge on any atom is 0.251 e. The van der Waals surface area contributed by atoms with Crippen LogP contribution in [0, 0.1) is 0 Å². The summed E-state index contributed by atoms with van der Waals surface area (Å²) in [6.45, 7) is 6.09. The zero-order valence-electron chi connectivity index (χ0n) is 16.7. The highest BCUT2D eigenvalue weighted by molar-refractivity contribution is 7.18. The molecule has 1 aromatic heterocycles. The molecule has 0 aliphatic carbocycles. The van der Waals surface area contributed by atoms with Gasteiger partial charge in [0.15, 0.2) is 0 Å². The fourth-order valence-corrected chi connectivity index (χ4v) is 3.56. The predicted molar refractivity (Wildman–Crippen MR) is 116 cm³/mol. The predicted octanol–water partition coefficient (Wildman–Crippen LogP) is 4.48. The van der Waals surface area contributed by atoms with Gasteiger partial charge in [0.05, 0.1) is 0 Å². The van der Waals surface area contributed by atoms with E-state index in [9.17, 15) is 9.59 Å². The van der Waals surface area contributed by atoms with Crippen LogP contribution in [-0.4, -0.2) is 28.1 Å². The van der Waals surface area contributed by atoms with Gasteiger partial charge in [0.25, 0.3) is 5.91 Å². The molecule has 2 aromatic carbocycles. The lowest BCUT2D eigenvalue weighted by Gasteiger charge is -2.13. The molecule has 29 heavy (non-hydrogen) atoms. The van der Waals surface area contributed by atoms with Gasteiger partial charge in [0.1, 0.15) is 5.01 Å². The van der Waals surface area contributed by atoms with Gasteiger partial charge < -0.3 is 10.6 Å². The normalized spacial score (nSPS) is 11.9. The third kappa shape index (κ3) is 5.71. The number of carbonyl (C=O) groups excluding carboxylic acids is 2. The van der Waals surface area contributed by atoms with Gasteiger partial charge in [-0.1, -0.05) is 67.6 Å². The van der Waals surface area contributed by atoms with E-state index in [-0.39, 0.29) is 24.3 Å². The Morgan fingerprint density at radius 2 is 1.66 bits per heavy atom. The molecule has 1 atom stereocenters. The molecular formula is C22H24N4O2S. The number of amides is 2. The Morgan fingerprint density at radius 1 is 0.966 bits per heavy atom. The van der Waals surface area contributed by atoms with Gasteiger partial charge in [-0.3, -0.25) is 9.59 Å². The number of nitrogens with one attached hydrogen (secondary N) is 2. The minimum absolute atomic E-state index is 0.149. The second kappa shape index (κ2) is 9.43. The standard InChI is InChI=1S/C22H24N4O2S/c1-14(2)16-9-11-18(12-10-16)21-25-26-22(29-21)24-19(27)13-15(3)23-20(28)17-7-5-4-6-8-17/h4-12,14-15H,13H2,1-3H3,(H,23,28)(H,24,26,27)/t15-/m1/s1. The van der Waals surface area contributed by atoms with Crippen LogP contribution in [-0.2, 0) is 4.79 Å². The van der Waals surface area contributed by atoms with Crippen molar-refractivity contribution in [1.29, 1.82) is 0 Å². The molecule has 3 aromatic rings. The summed E-state index contributed by atoms with van der Waals surface area (Å²) in [5.41, 5.74) is 2.80. The van der Waals surface area contributed by atoms with E-state index >= 15 is 0 Å². The van der Waals surface area contributed by atoms with E-state index in [1.807, 2.05) is 18.2 Å². The molecule has 0 aliphatic rings. The topological polar surface area (TPSA) is 84.0 Å². The van der Waals surface area contributed by atoms with Gasteiger partial charge in [-0.15, -0.1) is 10.2 Å². The minimum atomic E-state index is -0.307. The molecule has 0 unspecified atom stereocenters. The first kappa shape index (κ1) is 20.7. The molecule has 0 saturated carbocycles. The first-order valence-electron chi connectivity index (χ1n) is 9.52. The van der Waals surface area contributed by atoms with Crippen molar-refractivity contribution < 1.29 is 9.59 Å². The lowest BCUT2D eigenvalue weighted by Crippen LogP contribution is -2.35. The molecular weight excluding hydrogens is 384 g/mol. The van der Waals surface area contributed by atoms with Crippen molar-refractivity contribution in [3.63, 3.8) is 0 Å². The summed E-state index contributed by atoms with van der Waals surface area (Å²) in [4.78, 5) is 24.4. The van der Waals surface area contributed by atoms with Crippen molar-refractivity contribution in [3.8, 4) is 10.6 Å². The molecule has 1 heterocycles. The van der Waals surface area contributed by atoms with Crippen LogP contribution in [0.5, 0.6) is 0 Å². The van der Waals surface area contributed by atoms with Crippen LogP contribution in [0.3, 0.4) is 0 Å². The SMILES string of the molecule is CC(C)c1ccc(-c2nnc(NC(=O)C[C@@H](C)NC(=O)c3ccccc3)s2)cc1. The fraction of sp³-hybridized carbons (Fsp3) is 0.273. The molecule has 3 rings (SSSR count). The number of hydrogen-bond donors (Lipinski definition) is 2. The lowest BCUT2D eigenvalue weighted by molar-refractivity contribution is -0.116. The van der Waals surface area contributed by atoms with E-state index in [0.29, 0.717) is 16.6 Å². The first-order chi connectivity index (χ1) is 13.9. The van der Waals surface area contributed by atoms with Crippen molar-refractivity contribution in [1.82, 2.24) is 15.5 Å². The van der Waals surface area contributed by atoms with Crippen molar-refractivity contribution in [3.05, 3.63) is 65.7 Å². The summed E-state index contributed by atoms with van der Waals surface area (Å²) in [6.07, 6.45) is 0.149. The van der Waals surface area contributed by atoms with Gasteiger partial charge in [-0.2, -0.15) is 0 Å². The summed E-state index contributed by atoms with van der Waals surface area (Å²) >= 11 is 1.32. The van der Waals surface area contributed by atoms with Gasteiger partial charge >= 0.3 is 0 Å². The van der Waals surface area contributed by atoms with Crippen LogP contribution in [0.2, 0.25) is 0 Å². The van der Waals surface area contributed by atoms with Crippen molar-refractivity contribution in [2.75, 3.05) is 5.32 Å². The zero-order chi connectivity index (χ0) is 20.8. The maximum atomic E-state index is 12.3. The average molecular weight is 409 g/mol. The first-order valence-corrected chi connectivity index (χ1v) is 10.3. The van der Waals surface area contributed by atoms with Gasteiger partial charge in [-0.05, 0) is 30.5 Å². The summed E-state index contributed by atoms with van der Waals surface area (Å²) in [7, 11) is 0. The van der Waals surface area contributed by atoms with Gasteiger partial charge in [0.2, 0.25) is 11.0 Å². The van der Waals surface area contributed by atoms with Crippen molar-refractivity contribution in [2.24, 2.45) is 0 Å². The van der Waals surface area contributed by atoms with Crippen molar-refractivity contribution >= 4 is 28.3 Å². The zero-order valence-corrected chi connectivity index (χ0v) is 17.5. The smallest absolute Gasteiger partial charge is 0.251 e. The third-order valence-electron chi connectivity index (χ3n) is 4.40. The van der Waals surface area contributed by atoms with E-state index in [1.165, 1.54) is 16.9 Å². The molecule has 150 valence electrons. The minimum Gasteiger partial charge on any atom is -0.349 e. The second-order valence-corrected chi connectivity index (χ2v) is 8.16. The number of hydrogen-bond acceptors (Lipinski definition) is 5. The number of rotatable bonds is 7. The molecule has 0 spiro atoms. The number of nitrogens with zero attached hydrogens (tertiary/aromatic N) is 2. The molecule has 2 N–H and O–H groups in total. The summed E-state index contributed by atoms with van der Waals surface area (Å²) in [5, 5.41) is 15.0. The lowest BCUT2D eigenvalue weighted by atomic mass is 10.0. The Morgan fingerprint density at radius 3 is 2.31 bits per heavy atom. The summed E-state index contributed by atoms with van der Waals surface area (Å²) in [6, 6.07) is 16.8. The molecule has 0 radical (unpaired) electrons. The molecule has 6 nitrogen and oxygen atoms in total. The van der Waals surface area contributed by atoms with Crippen molar-refractivity contribution in [2.45, 2.75) is 39.2 Å². The summed E-state index contributed by atoms with van der Waals surface area (Å²) in [5.74, 6) is 0.0513. The Kier molecular flexibility index (Phi) is 6.72. The maximum absolute atomic E-state index is 12.3. The van der Waals surface area contributed by atoms with E-state index in [1.54, 1.807) is 31.2 Å². The second-order valence-electron chi connectivity index (χ2n) is 7.18. The monoisotopic (exact) mass is 408 g/mol. The van der Waals surface area contributed by atoms with Gasteiger partial charge in [-0.25, -0.2) is 0 Å². The number of benzene rings is 2. The van der Waals surface area contributed by atoms with Crippen LogP contribution >= 0.6 is 11.3 Å². The average Bonchev–Trinajstić information content (AvgIpc) is 3.16. The largest absolute Gasteiger partial charge is 0.349 e. The number of aromatic nitrogens is 2. The van der Waals surface area contributed by atoms with E-state index < -0.39 is 0 Å². The molecule has 7 heteroatoms. The number of anilines is 1. The highest BCUT2D eigenvalue weighted by Crippen LogP contribution is 2.27. The van der Waals surface area contributed by atoms with E-state index in [4.69, 9.17) is 0 Å². The highest BCUT2D eigenvalue weighted by Gasteiger charge is 2.15. The summed E-state index contributed by atoms with van der Waals surface area (Å²) < 4.78 is 0. The number of carbonyl (C=O) groups is 2. The molecule has 2 amide bonds.